The summed E-state index contributed by atoms with van der Waals surface area (Å²) in [4.78, 5) is 14.6. The van der Waals surface area contributed by atoms with Gasteiger partial charge in [0.2, 0.25) is 0 Å². The number of alkyl halides is 3. The molecule has 0 saturated heterocycles. The van der Waals surface area contributed by atoms with Crippen molar-refractivity contribution in [1.82, 2.24) is 9.47 Å². The molecule has 0 atom stereocenters. The molecule has 37 heavy (non-hydrogen) atoms. The number of rotatable bonds is 6. The van der Waals surface area contributed by atoms with Crippen molar-refractivity contribution >= 4 is 29.1 Å². The normalized spacial score (nSPS) is 13.9. The highest BCUT2D eigenvalue weighted by Crippen LogP contribution is 2.35. The molecule has 0 N–H and O–H groups in total. The third kappa shape index (κ3) is 5.55. The zero-order chi connectivity index (χ0) is 25.4. The number of hydrogen-bond acceptors (Lipinski definition) is 2. The van der Waals surface area contributed by atoms with Crippen LogP contribution in [0.5, 0.6) is 0 Å². The third-order valence-electron chi connectivity index (χ3n) is 6.69. The average Bonchev–Trinajstić information content (AvgIpc) is 3.17. The fourth-order valence-corrected chi connectivity index (χ4v) is 4.92. The maximum Gasteiger partial charge on any atom is 0.416 e. The van der Waals surface area contributed by atoms with Gasteiger partial charge < -0.3 is 4.57 Å². The number of nitrogens with zero attached hydrogens (tertiary/aromatic N) is 2. The number of fused-ring (bicyclic) bond motifs is 3. The molecule has 4 aromatic rings. The summed E-state index contributed by atoms with van der Waals surface area (Å²) in [6.07, 6.45) is -2.83. The van der Waals surface area contributed by atoms with Gasteiger partial charge in [-0.3, -0.25) is 9.69 Å². The molecule has 1 aromatic heterocycles. The summed E-state index contributed by atoms with van der Waals surface area (Å²) in [5.41, 5.74) is 3.00. The summed E-state index contributed by atoms with van der Waals surface area (Å²) >= 11 is 0. The Labute approximate surface area is 216 Å². The van der Waals surface area contributed by atoms with Crippen LogP contribution in [-0.2, 0) is 19.1 Å². The lowest BCUT2D eigenvalue weighted by Gasteiger charge is -2.28. The Balaban J connectivity index is 0.00000320. The summed E-state index contributed by atoms with van der Waals surface area (Å²) in [7, 11) is 0. The monoisotopic (exact) mass is 534 g/mol. The van der Waals surface area contributed by atoms with Crippen LogP contribution in [0.1, 0.15) is 40.0 Å². The molecule has 2 heterocycles. The highest BCUT2D eigenvalue weighted by molar-refractivity contribution is 5.96. The van der Waals surface area contributed by atoms with Crippen LogP contribution in [0.25, 0.3) is 16.6 Å². The Kier molecular flexibility index (Phi) is 7.71. The zero-order valence-electron chi connectivity index (χ0n) is 19.7. The predicted molar refractivity (Wildman–Crippen MR) is 134 cm³/mol. The van der Waals surface area contributed by atoms with Crippen LogP contribution in [0.4, 0.5) is 22.0 Å². The number of aromatic nitrogens is 1. The standard InChI is InChI=1S/C28H23F5N2O.ClH/c29-20-7-3-18(4-8-20)27(36)2-1-14-34-15-13-26-24(17-34)23-16-21(30)9-12-25(23)35(26)22-10-5-19(6-11-22)28(31,32)33;/h3-12,16H,1-2,13-15,17H2;1H. The Bertz CT molecular complexity index is 1410. The maximum absolute atomic E-state index is 14.2. The highest BCUT2D eigenvalue weighted by atomic mass is 35.5. The molecule has 0 bridgehead atoms. The van der Waals surface area contributed by atoms with Gasteiger partial charge >= 0.3 is 6.18 Å². The summed E-state index contributed by atoms with van der Waals surface area (Å²) in [6, 6.07) is 15.0. The van der Waals surface area contributed by atoms with Crippen LogP contribution >= 0.6 is 12.4 Å². The third-order valence-corrected chi connectivity index (χ3v) is 6.69. The Hall–Kier alpha value is -3.23. The van der Waals surface area contributed by atoms with Gasteiger partial charge in [0.25, 0.3) is 0 Å². The molecule has 9 heteroatoms. The van der Waals surface area contributed by atoms with E-state index >= 15 is 0 Å². The smallest absolute Gasteiger partial charge is 0.313 e. The summed E-state index contributed by atoms with van der Waals surface area (Å²) < 4.78 is 68.3. The Morgan fingerprint density at radius 1 is 0.892 bits per heavy atom. The fraction of sp³-hybridized carbons (Fsp3) is 0.250. The van der Waals surface area contributed by atoms with E-state index < -0.39 is 11.7 Å². The SMILES string of the molecule is Cl.O=C(CCCN1CCc2c(c3cc(F)ccc3n2-c2ccc(C(F)(F)F)cc2)C1)c1ccc(F)cc1. The molecule has 0 aliphatic carbocycles. The number of ketones is 1. The van der Waals surface area contributed by atoms with Crippen LogP contribution in [0.2, 0.25) is 0 Å². The van der Waals surface area contributed by atoms with Gasteiger partial charge in [-0.05, 0) is 85.3 Å². The van der Waals surface area contributed by atoms with Gasteiger partial charge in [-0.1, -0.05) is 0 Å². The Morgan fingerprint density at radius 2 is 1.57 bits per heavy atom. The number of carbonyl (C=O) groups is 1. The van der Waals surface area contributed by atoms with Crippen LogP contribution < -0.4 is 0 Å². The van der Waals surface area contributed by atoms with E-state index in [1.165, 1.54) is 48.5 Å². The van der Waals surface area contributed by atoms with Crippen molar-refractivity contribution in [3.05, 3.63) is 101 Å². The molecular formula is C28H24ClF5N2O. The molecule has 3 aromatic carbocycles. The molecule has 0 amide bonds. The van der Waals surface area contributed by atoms with Crippen molar-refractivity contribution in [2.75, 3.05) is 13.1 Å². The lowest BCUT2D eigenvalue weighted by atomic mass is 10.0. The van der Waals surface area contributed by atoms with E-state index in [0.29, 0.717) is 50.1 Å². The van der Waals surface area contributed by atoms with Crippen molar-refractivity contribution in [2.24, 2.45) is 0 Å². The fourth-order valence-electron chi connectivity index (χ4n) is 4.92. The van der Waals surface area contributed by atoms with Gasteiger partial charge in [0.05, 0.1) is 11.1 Å². The van der Waals surface area contributed by atoms with Gasteiger partial charge in [0.15, 0.2) is 5.78 Å². The van der Waals surface area contributed by atoms with E-state index in [-0.39, 0.29) is 29.8 Å². The number of carbonyl (C=O) groups excluding carboxylic acids is 1. The second-order valence-electron chi connectivity index (χ2n) is 9.03. The zero-order valence-corrected chi connectivity index (χ0v) is 20.5. The second-order valence-corrected chi connectivity index (χ2v) is 9.03. The molecule has 0 radical (unpaired) electrons. The molecule has 0 fully saturated rings. The molecule has 5 rings (SSSR count). The summed E-state index contributed by atoms with van der Waals surface area (Å²) in [5, 5.41) is 0.733. The predicted octanol–water partition coefficient (Wildman–Crippen LogP) is 7.37. The first-order valence-corrected chi connectivity index (χ1v) is 11.7. The van der Waals surface area contributed by atoms with E-state index in [1.54, 1.807) is 6.07 Å². The van der Waals surface area contributed by atoms with Crippen molar-refractivity contribution in [3.63, 3.8) is 0 Å². The van der Waals surface area contributed by atoms with Crippen LogP contribution in [0.15, 0.2) is 66.7 Å². The molecule has 1 aliphatic rings. The van der Waals surface area contributed by atoms with Gasteiger partial charge in [0, 0.05) is 48.3 Å². The van der Waals surface area contributed by atoms with Crippen molar-refractivity contribution < 1.29 is 26.7 Å². The molecule has 1 aliphatic heterocycles. The first kappa shape index (κ1) is 26.8. The first-order chi connectivity index (χ1) is 17.2. The highest BCUT2D eigenvalue weighted by Gasteiger charge is 2.30. The number of hydrogen-bond donors (Lipinski definition) is 0. The largest absolute Gasteiger partial charge is 0.416 e. The lowest BCUT2D eigenvalue weighted by Crippen LogP contribution is -2.32. The summed E-state index contributed by atoms with van der Waals surface area (Å²) in [5.74, 6) is -0.812. The minimum absolute atomic E-state index is 0. The topological polar surface area (TPSA) is 25.2 Å². The molecule has 0 unspecified atom stereocenters. The van der Waals surface area contributed by atoms with E-state index in [2.05, 4.69) is 4.90 Å². The second kappa shape index (κ2) is 10.6. The molecular weight excluding hydrogens is 511 g/mol. The minimum atomic E-state index is -4.42. The summed E-state index contributed by atoms with van der Waals surface area (Å²) in [6.45, 7) is 1.92. The molecule has 194 valence electrons. The van der Waals surface area contributed by atoms with Gasteiger partial charge in [-0.25, -0.2) is 8.78 Å². The maximum atomic E-state index is 14.2. The first-order valence-electron chi connectivity index (χ1n) is 11.7. The van der Waals surface area contributed by atoms with Crippen molar-refractivity contribution in [1.29, 1.82) is 0 Å². The quantitative estimate of drug-likeness (QED) is 0.191. The molecule has 0 spiro atoms. The van der Waals surface area contributed by atoms with Gasteiger partial charge in [0.1, 0.15) is 11.6 Å². The van der Waals surface area contributed by atoms with E-state index in [4.69, 9.17) is 0 Å². The molecule has 0 saturated carbocycles. The molecule has 3 nitrogen and oxygen atoms in total. The number of Topliss-reactive ketones (excluding diaryl/α,β-unsaturated/α-hetero) is 1. The van der Waals surface area contributed by atoms with Crippen molar-refractivity contribution in [2.45, 2.75) is 32.0 Å². The van der Waals surface area contributed by atoms with E-state index in [1.807, 2.05) is 4.57 Å². The van der Waals surface area contributed by atoms with Crippen LogP contribution in [-0.4, -0.2) is 28.3 Å². The van der Waals surface area contributed by atoms with E-state index in [9.17, 15) is 26.7 Å². The number of benzene rings is 3. The van der Waals surface area contributed by atoms with Gasteiger partial charge in [-0.2, -0.15) is 13.2 Å². The average molecular weight is 535 g/mol. The van der Waals surface area contributed by atoms with E-state index in [0.717, 1.165) is 34.3 Å². The Morgan fingerprint density at radius 3 is 2.24 bits per heavy atom. The minimum Gasteiger partial charge on any atom is -0.313 e. The van der Waals surface area contributed by atoms with Gasteiger partial charge in [-0.15, -0.1) is 12.4 Å². The van der Waals surface area contributed by atoms with Crippen LogP contribution in [0.3, 0.4) is 0 Å². The van der Waals surface area contributed by atoms with Crippen LogP contribution in [0, 0.1) is 11.6 Å². The van der Waals surface area contributed by atoms with Crippen molar-refractivity contribution in [3.8, 4) is 5.69 Å². The lowest BCUT2D eigenvalue weighted by molar-refractivity contribution is -0.137. The number of halogens is 6.